The van der Waals surface area contributed by atoms with Gasteiger partial charge in [-0.1, -0.05) is 48.7 Å². The minimum absolute atomic E-state index is 0.0505. The Bertz CT molecular complexity index is 527. The zero-order valence-corrected chi connectivity index (χ0v) is 13.1. The first kappa shape index (κ1) is 16.1. The van der Waals surface area contributed by atoms with Gasteiger partial charge in [0.1, 0.15) is 4.90 Å². The summed E-state index contributed by atoms with van der Waals surface area (Å²) in [6.45, 7) is 3.82. The fourth-order valence-electron chi connectivity index (χ4n) is 1.45. The first-order chi connectivity index (χ1) is 8.31. The summed E-state index contributed by atoms with van der Waals surface area (Å²) in [6, 6.07) is 2.46. The predicted molar refractivity (Wildman–Crippen MR) is 76.2 cm³/mol. The van der Waals surface area contributed by atoms with Gasteiger partial charge in [0, 0.05) is 6.04 Å². The fourth-order valence-corrected chi connectivity index (χ4v) is 3.85. The summed E-state index contributed by atoms with van der Waals surface area (Å²) in [5, 5.41) is 0.442. The third-order valence-corrected chi connectivity index (χ3v) is 5.28. The standard InChI is InChI=1S/C11H14Cl3NO2S/c1-3-7(4-2)15-18(16,17)11-6-9(13)8(12)5-10(11)14/h5-7,15H,3-4H2,1-2H3. The van der Waals surface area contributed by atoms with Crippen LogP contribution in [0.1, 0.15) is 26.7 Å². The van der Waals surface area contributed by atoms with Crippen LogP contribution in [0.25, 0.3) is 0 Å². The van der Waals surface area contributed by atoms with Gasteiger partial charge in [0.05, 0.1) is 15.1 Å². The van der Waals surface area contributed by atoms with Crippen LogP contribution in [-0.4, -0.2) is 14.5 Å². The van der Waals surface area contributed by atoms with Gasteiger partial charge < -0.3 is 0 Å². The molecule has 0 atom stereocenters. The van der Waals surface area contributed by atoms with Crippen LogP contribution in [0.15, 0.2) is 17.0 Å². The van der Waals surface area contributed by atoms with E-state index in [1.54, 1.807) is 0 Å². The summed E-state index contributed by atoms with van der Waals surface area (Å²) in [6.07, 6.45) is 1.41. The second-order valence-corrected chi connectivity index (χ2v) is 6.74. The van der Waals surface area contributed by atoms with Gasteiger partial charge in [-0.05, 0) is 25.0 Å². The van der Waals surface area contributed by atoms with Crippen LogP contribution >= 0.6 is 34.8 Å². The van der Waals surface area contributed by atoms with Crippen molar-refractivity contribution in [3.05, 3.63) is 27.2 Å². The molecule has 0 bridgehead atoms. The molecule has 1 N–H and O–H groups in total. The van der Waals surface area contributed by atoms with Crippen molar-refractivity contribution in [2.24, 2.45) is 0 Å². The van der Waals surface area contributed by atoms with Gasteiger partial charge in [-0.2, -0.15) is 0 Å². The first-order valence-corrected chi connectivity index (χ1v) is 8.10. The molecular weight excluding hydrogens is 317 g/mol. The van der Waals surface area contributed by atoms with Gasteiger partial charge in [-0.25, -0.2) is 13.1 Å². The Labute approximate surface area is 122 Å². The number of nitrogens with one attached hydrogen (secondary N) is 1. The van der Waals surface area contributed by atoms with Crippen molar-refractivity contribution in [1.82, 2.24) is 4.72 Å². The third-order valence-electron chi connectivity index (χ3n) is 2.57. The number of sulfonamides is 1. The topological polar surface area (TPSA) is 46.2 Å². The largest absolute Gasteiger partial charge is 0.242 e. The molecule has 7 heteroatoms. The van der Waals surface area contributed by atoms with E-state index in [1.165, 1.54) is 12.1 Å². The molecule has 1 rings (SSSR count). The lowest BCUT2D eigenvalue weighted by Gasteiger charge is -2.16. The smallest absolute Gasteiger partial charge is 0.208 e. The van der Waals surface area contributed by atoms with Crippen LogP contribution in [0.5, 0.6) is 0 Å². The Morgan fingerprint density at radius 1 is 1.06 bits per heavy atom. The summed E-state index contributed by atoms with van der Waals surface area (Å²) in [7, 11) is -3.68. The number of rotatable bonds is 5. The lowest BCUT2D eigenvalue weighted by Crippen LogP contribution is -2.34. The highest BCUT2D eigenvalue weighted by Gasteiger charge is 2.22. The van der Waals surface area contributed by atoms with Gasteiger partial charge in [-0.3, -0.25) is 0 Å². The van der Waals surface area contributed by atoms with Crippen LogP contribution < -0.4 is 4.72 Å². The molecule has 18 heavy (non-hydrogen) atoms. The molecule has 0 aliphatic rings. The monoisotopic (exact) mass is 329 g/mol. The van der Waals surface area contributed by atoms with Crippen molar-refractivity contribution in [2.45, 2.75) is 37.6 Å². The van der Waals surface area contributed by atoms with Crippen molar-refractivity contribution in [2.75, 3.05) is 0 Å². The molecule has 0 spiro atoms. The molecule has 1 aromatic carbocycles. The van der Waals surface area contributed by atoms with Crippen LogP contribution in [0.2, 0.25) is 15.1 Å². The molecule has 0 radical (unpaired) electrons. The fraction of sp³-hybridized carbons (Fsp3) is 0.455. The van der Waals surface area contributed by atoms with Crippen LogP contribution in [0.3, 0.4) is 0 Å². The van der Waals surface area contributed by atoms with E-state index in [2.05, 4.69) is 4.72 Å². The molecule has 0 aliphatic heterocycles. The predicted octanol–water partition coefficient (Wildman–Crippen LogP) is 4.11. The summed E-state index contributed by atoms with van der Waals surface area (Å²) in [5.41, 5.74) is 0. The molecule has 0 amide bonds. The van der Waals surface area contributed by atoms with Crippen molar-refractivity contribution in [3.63, 3.8) is 0 Å². The highest BCUT2D eigenvalue weighted by molar-refractivity contribution is 7.89. The van der Waals surface area contributed by atoms with Crippen molar-refractivity contribution in [3.8, 4) is 0 Å². The van der Waals surface area contributed by atoms with Crippen LogP contribution in [0, 0.1) is 0 Å². The number of hydrogen-bond donors (Lipinski definition) is 1. The summed E-state index contributed by atoms with van der Waals surface area (Å²) < 4.78 is 26.9. The SMILES string of the molecule is CCC(CC)NS(=O)(=O)c1cc(Cl)c(Cl)cc1Cl. The number of benzene rings is 1. The van der Waals surface area contributed by atoms with E-state index < -0.39 is 10.0 Å². The van der Waals surface area contributed by atoms with Crippen LogP contribution in [-0.2, 0) is 10.0 Å². The number of hydrogen-bond acceptors (Lipinski definition) is 2. The first-order valence-electron chi connectivity index (χ1n) is 5.48. The summed E-state index contributed by atoms with van der Waals surface area (Å²) >= 11 is 17.5. The lowest BCUT2D eigenvalue weighted by atomic mass is 10.2. The molecule has 0 saturated heterocycles. The minimum atomic E-state index is -3.68. The second-order valence-electron chi connectivity index (χ2n) is 3.83. The zero-order valence-electron chi connectivity index (χ0n) is 10.0. The Balaban J connectivity index is 3.16. The second kappa shape index (κ2) is 6.44. The Hall–Kier alpha value is -0.000000000000000111. The Morgan fingerprint density at radius 3 is 2.06 bits per heavy atom. The highest BCUT2D eigenvalue weighted by atomic mass is 35.5. The van der Waals surface area contributed by atoms with E-state index in [4.69, 9.17) is 34.8 Å². The summed E-state index contributed by atoms with van der Waals surface area (Å²) in [4.78, 5) is -0.0505. The number of halogens is 3. The van der Waals surface area contributed by atoms with Crippen molar-refractivity contribution >= 4 is 44.8 Å². The molecular formula is C11H14Cl3NO2S. The lowest BCUT2D eigenvalue weighted by molar-refractivity contribution is 0.530. The Morgan fingerprint density at radius 2 is 1.56 bits per heavy atom. The molecule has 0 unspecified atom stereocenters. The average molecular weight is 331 g/mol. The van der Waals surface area contributed by atoms with Crippen molar-refractivity contribution < 1.29 is 8.42 Å². The molecule has 0 heterocycles. The van der Waals surface area contributed by atoms with E-state index in [0.29, 0.717) is 12.8 Å². The zero-order chi connectivity index (χ0) is 13.9. The van der Waals surface area contributed by atoms with Crippen molar-refractivity contribution in [1.29, 1.82) is 0 Å². The summed E-state index contributed by atoms with van der Waals surface area (Å²) in [5.74, 6) is 0. The molecule has 0 aromatic heterocycles. The molecule has 102 valence electrons. The van der Waals surface area contributed by atoms with E-state index in [-0.39, 0.29) is 26.0 Å². The normalized spacial score (nSPS) is 12.1. The maximum Gasteiger partial charge on any atom is 0.242 e. The Kier molecular flexibility index (Phi) is 5.74. The van der Waals surface area contributed by atoms with E-state index >= 15 is 0 Å². The molecule has 0 aliphatic carbocycles. The maximum atomic E-state index is 12.1. The minimum Gasteiger partial charge on any atom is -0.208 e. The van der Waals surface area contributed by atoms with Gasteiger partial charge in [-0.15, -0.1) is 0 Å². The van der Waals surface area contributed by atoms with E-state index in [1.807, 2.05) is 13.8 Å². The van der Waals surface area contributed by atoms with Crippen LogP contribution in [0.4, 0.5) is 0 Å². The highest BCUT2D eigenvalue weighted by Crippen LogP contribution is 2.31. The van der Waals surface area contributed by atoms with Gasteiger partial charge >= 0.3 is 0 Å². The maximum absolute atomic E-state index is 12.1. The molecule has 3 nitrogen and oxygen atoms in total. The molecule has 1 aromatic rings. The van der Waals surface area contributed by atoms with Gasteiger partial charge in [0.25, 0.3) is 0 Å². The van der Waals surface area contributed by atoms with E-state index in [0.717, 1.165) is 0 Å². The molecule has 0 fully saturated rings. The van der Waals surface area contributed by atoms with E-state index in [9.17, 15) is 8.42 Å². The third kappa shape index (κ3) is 3.75. The average Bonchev–Trinajstić information content (AvgIpc) is 2.30. The molecule has 0 saturated carbocycles. The quantitative estimate of drug-likeness (QED) is 0.826. The van der Waals surface area contributed by atoms with Gasteiger partial charge in [0.2, 0.25) is 10.0 Å². The van der Waals surface area contributed by atoms with Gasteiger partial charge in [0.15, 0.2) is 0 Å².